The number of nitrogens with zero attached hydrogens (tertiary/aromatic N) is 4. The van der Waals surface area contributed by atoms with Crippen LogP contribution in [0.1, 0.15) is 0 Å². The van der Waals surface area contributed by atoms with Crippen LogP contribution in [-0.2, 0) is 9.84 Å². The van der Waals surface area contributed by atoms with Gasteiger partial charge < -0.3 is 0 Å². The third-order valence-corrected chi connectivity index (χ3v) is 3.51. The molecule has 2 heterocycles. The summed E-state index contributed by atoms with van der Waals surface area (Å²) in [6, 6.07) is 2.92. The van der Waals surface area contributed by atoms with E-state index in [1.54, 1.807) is 6.07 Å². The van der Waals surface area contributed by atoms with E-state index in [2.05, 4.69) is 15.0 Å². The summed E-state index contributed by atoms with van der Waals surface area (Å²) in [7, 11) is -3.33. The van der Waals surface area contributed by atoms with Crippen LogP contribution in [-0.4, -0.2) is 37.6 Å². The molecule has 2 N–H and O–H groups in total. The van der Waals surface area contributed by atoms with Gasteiger partial charge in [0.05, 0.1) is 11.9 Å². The van der Waals surface area contributed by atoms with Crippen LogP contribution in [0.15, 0.2) is 33.3 Å². The third kappa shape index (κ3) is 2.50. The van der Waals surface area contributed by atoms with E-state index in [1.807, 2.05) is 0 Å². The zero-order valence-electron chi connectivity index (χ0n) is 9.36. The average molecular weight is 288 g/mol. The number of sulfone groups is 1. The minimum atomic E-state index is -3.33. The van der Waals surface area contributed by atoms with E-state index in [1.165, 1.54) is 23.5 Å². The number of amidine groups is 1. The number of hydrogen-bond donors (Lipinski definition) is 1. The zero-order chi connectivity index (χ0) is 13.3. The molecular formula is C9H10ClN5O2S. The summed E-state index contributed by atoms with van der Waals surface area (Å²) < 4.78 is 22.6. The normalized spacial score (nSPS) is 19.8. The highest BCUT2D eigenvalue weighted by Crippen LogP contribution is 2.20. The summed E-state index contributed by atoms with van der Waals surface area (Å²) in [6.07, 6.45) is 3.00. The number of anilines is 1. The Balaban J connectivity index is 2.36. The van der Waals surface area contributed by atoms with Crippen molar-refractivity contribution in [3.8, 4) is 0 Å². The van der Waals surface area contributed by atoms with Crippen LogP contribution < -0.4 is 10.6 Å². The van der Waals surface area contributed by atoms with Gasteiger partial charge in [-0.15, -0.1) is 0 Å². The van der Waals surface area contributed by atoms with Gasteiger partial charge in [0.2, 0.25) is 5.29 Å². The molecule has 18 heavy (non-hydrogen) atoms. The molecule has 1 atom stereocenters. The Bertz CT molecular complexity index is 610. The van der Waals surface area contributed by atoms with Crippen molar-refractivity contribution in [2.75, 3.05) is 11.2 Å². The van der Waals surface area contributed by atoms with Crippen molar-refractivity contribution in [1.82, 2.24) is 4.98 Å². The Morgan fingerprint density at radius 3 is 2.67 bits per heavy atom. The molecule has 0 aromatic carbocycles. The van der Waals surface area contributed by atoms with Crippen LogP contribution in [0.4, 0.5) is 5.69 Å². The highest BCUT2D eigenvalue weighted by atomic mass is 35.5. The highest BCUT2D eigenvalue weighted by molar-refractivity contribution is 7.90. The third-order valence-electron chi connectivity index (χ3n) is 2.23. The number of hydrogen-bond acceptors (Lipinski definition) is 7. The number of pyridine rings is 1. The van der Waals surface area contributed by atoms with Gasteiger partial charge in [0.1, 0.15) is 6.34 Å². The summed E-state index contributed by atoms with van der Waals surface area (Å²) in [5, 5.41) is 0.125. The standard InChI is InChI=1S/C9H10ClN5O2S/c1-18(16,17)7-3-2-6(4-12-7)15-8(10)13-5-14-9(15)11/h2-5,9H,11H2,1H3. The molecule has 96 valence electrons. The van der Waals surface area contributed by atoms with Crippen LogP contribution in [0.2, 0.25) is 0 Å². The van der Waals surface area contributed by atoms with E-state index in [9.17, 15) is 8.42 Å². The van der Waals surface area contributed by atoms with Crippen molar-refractivity contribution < 1.29 is 8.42 Å². The van der Waals surface area contributed by atoms with Crippen LogP contribution in [0, 0.1) is 0 Å². The van der Waals surface area contributed by atoms with Crippen molar-refractivity contribution in [2.24, 2.45) is 15.7 Å². The first kappa shape index (κ1) is 12.9. The van der Waals surface area contributed by atoms with Gasteiger partial charge in [0.15, 0.2) is 21.2 Å². The predicted molar refractivity (Wildman–Crippen MR) is 69.6 cm³/mol. The molecule has 0 saturated heterocycles. The first-order valence-electron chi connectivity index (χ1n) is 4.85. The summed E-state index contributed by atoms with van der Waals surface area (Å²) in [4.78, 5) is 12.9. The average Bonchev–Trinajstić information content (AvgIpc) is 2.28. The van der Waals surface area contributed by atoms with Gasteiger partial charge in [0, 0.05) is 6.26 Å². The van der Waals surface area contributed by atoms with Crippen molar-refractivity contribution in [2.45, 2.75) is 11.3 Å². The molecule has 1 unspecified atom stereocenters. The maximum atomic E-state index is 11.3. The summed E-state index contributed by atoms with van der Waals surface area (Å²) in [5.41, 5.74) is 6.26. The second-order valence-electron chi connectivity index (χ2n) is 3.57. The molecule has 0 radical (unpaired) electrons. The Hall–Kier alpha value is -1.51. The fraction of sp³-hybridized carbons (Fsp3) is 0.222. The van der Waals surface area contributed by atoms with E-state index < -0.39 is 16.1 Å². The van der Waals surface area contributed by atoms with Crippen molar-refractivity contribution >= 4 is 38.8 Å². The zero-order valence-corrected chi connectivity index (χ0v) is 10.9. The van der Waals surface area contributed by atoms with Crippen LogP contribution in [0.3, 0.4) is 0 Å². The Kier molecular flexibility index (Phi) is 3.33. The fourth-order valence-corrected chi connectivity index (χ4v) is 2.18. The van der Waals surface area contributed by atoms with Crippen LogP contribution >= 0.6 is 11.6 Å². The van der Waals surface area contributed by atoms with E-state index in [4.69, 9.17) is 17.3 Å². The van der Waals surface area contributed by atoms with E-state index >= 15 is 0 Å². The molecule has 0 amide bonds. The quantitative estimate of drug-likeness (QED) is 0.781. The monoisotopic (exact) mass is 287 g/mol. The molecule has 0 saturated carbocycles. The molecule has 0 fully saturated rings. The largest absolute Gasteiger partial charge is 0.292 e. The van der Waals surface area contributed by atoms with Crippen LogP contribution in [0.5, 0.6) is 0 Å². The Morgan fingerprint density at radius 1 is 1.44 bits per heavy atom. The summed E-state index contributed by atoms with van der Waals surface area (Å²) in [5.74, 6) is 0. The van der Waals surface area contributed by atoms with Gasteiger partial charge in [-0.3, -0.25) is 10.6 Å². The topological polar surface area (TPSA) is 101 Å². The lowest BCUT2D eigenvalue weighted by atomic mass is 10.4. The Morgan fingerprint density at radius 2 is 2.17 bits per heavy atom. The minimum absolute atomic E-state index is 0.0200. The lowest BCUT2D eigenvalue weighted by Crippen LogP contribution is -2.45. The molecule has 1 aliphatic rings. The van der Waals surface area contributed by atoms with Crippen molar-refractivity contribution in [3.63, 3.8) is 0 Å². The molecule has 1 aromatic rings. The minimum Gasteiger partial charge on any atom is -0.292 e. The Labute approximate surface area is 109 Å². The summed E-state index contributed by atoms with van der Waals surface area (Å²) >= 11 is 5.90. The lowest BCUT2D eigenvalue weighted by molar-refractivity contribution is 0.598. The number of rotatable bonds is 2. The van der Waals surface area contributed by atoms with E-state index in [-0.39, 0.29) is 10.3 Å². The molecule has 1 aliphatic heterocycles. The van der Waals surface area contributed by atoms with Crippen LogP contribution in [0.25, 0.3) is 0 Å². The molecule has 0 aliphatic carbocycles. The van der Waals surface area contributed by atoms with Crippen molar-refractivity contribution in [1.29, 1.82) is 0 Å². The highest BCUT2D eigenvalue weighted by Gasteiger charge is 2.21. The molecule has 2 rings (SSSR count). The van der Waals surface area contributed by atoms with Crippen molar-refractivity contribution in [3.05, 3.63) is 18.3 Å². The first-order valence-corrected chi connectivity index (χ1v) is 7.12. The second-order valence-corrected chi connectivity index (χ2v) is 5.87. The van der Waals surface area contributed by atoms with Gasteiger partial charge >= 0.3 is 0 Å². The maximum Gasteiger partial charge on any atom is 0.207 e. The smallest absolute Gasteiger partial charge is 0.207 e. The number of nitrogens with two attached hydrogens (primary N) is 1. The maximum absolute atomic E-state index is 11.3. The van der Waals surface area contributed by atoms with E-state index in [0.29, 0.717) is 5.69 Å². The van der Waals surface area contributed by atoms with E-state index in [0.717, 1.165) is 6.26 Å². The van der Waals surface area contributed by atoms with Gasteiger partial charge in [-0.05, 0) is 23.7 Å². The first-order chi connectivity index (χ1) is 8.39. The fourth-order valence-electron chi connectivity index (χ4n) is 1.38. The molecule has 7 nitrogen and oxygen atoms in total. The molecule has 0 bridgehead atoms. The molecular weight excluding hydrogens is 278 g/mol. The van der Waals surface area contributed by atoms with Gasteiger partial charge in [-0.1, -0.05) is 0 Å². The molecule has 1 aromatic heterocycles. The lowest BCUT2D eigenvalue weighted by Gasteiger charge is -2.27. The number of halogens is 1. The predicted octanol–water partition coefficient (Wildman–Crippen LogP) is 0.171. The van der Waals surface area contributed by atoms with Gasteiger partial charge in [-0.25, -0.2) is 23.4 Å². The number of aromatic nitrogens is 1. The molecule has 9 heteroatoms. The number of aliphatic imine (C=N–C) groups is 2. The van der Waals surface area contributed by atoms with Gasteiger partial charge in [0.25, 0.3) is 0 Å². The van der Waals surface area contributed by atoms with Gasteiger partial charge in [-0.2, -0.15) is 0 Å². The second kappa shape index (κ2) is 4.63. The molecule has 0 spiro atoms. The SMILES string of the molecule is CS(=O)(=O)c1ccc(N2C(Cl)=NC=NC2N)cn1. The summed E-state index contributed by atoms with van der Waals surface area (Å²) in [6.45, 7) is 0.